The Kier molecular flexibility index (Phi) is 5.47. The standard InChI is InChI=1S/C15H21ClN2O3S/c1-17(2)15(19)13-6-8-18(9-7-13)22(20,21)11-12-4-3-5-14(16)10-12/h3-5,10,13H,6-9,11H2,1-2H3. The van der Waals surface area contributed by atoms with Gasteiger partial charge in [0.2, 0.25) is 15.9 Å². The van der Waals surface area contributed by atoms with Crippen molar-refractivity contribution < 1.29 is 13.2 Å². The monoisotopic (exact) mass is 344 g/mol. The molecule has 0 aromatic heterocycles. The van der Waals surface area contributed by atoms with Gasteiger partial charge in [-0.1, -0.05) is 23.7 Å². The van der Waals surface area contributed by atoms with Crippen LogP contribution in [0.15, 0.2) is 24.3 Å². The van der Waals surface area contributed by atoms with Gasteiger partial charge < -0.3 is 4.90 Å². The van der Waals surface area contributed by atoms with Crippen molar-refractivity contribution in [2.45, 2.75) is 18.6 Å². The number of nitrogens with zero attached hydrogens (tertiary/aromatic N) is 2. The third-order valence-corrected chi connectivity index (χ3v) is 5.96. The number of carbonyl (C=O) groups is 1. The second-order valence-corrected chi connectivity index (χ2v) is 8.20. The lowest BCUT2D eigenvalue weighted by Crippen LogP contribution is -2.43. The first kappa shape index (κ1) is 17.2. The van der Waals surface area contributed by atoms with E-state index in [9.17, 15) is 13.2 Å². The largest absolute Gasteiger partial charge is 0.349 e. The van der Waals surface area contributed by atoms with Gasteiger partial charge in [-0.05, 0) is 30.5 Å². The van der Waals surface area contributed by atoms with E-state index in [0.29, 0.717) is 36.5 Å². The van der Waals surface area contributed by atoms with E-state index in [1.54, 1.807) is 43.3 Å². The number of halogens is 1. The molecule has 0 bridgehead atoms. The third kappa shape index (κ3) is 4.21. The topological polar surface area (TPSA) is 57.7 Å². The van der Waals surface area contributed by atoms with E-state index in [0.717, 1.165) is 0 Å². The van der Waals surface area contributed by atoms with Crippen LogP contribution in [0.25, 0.3) is 0 Å². The van der Waals surface area contributed by atoms with Crippen LogP contribution in [-0.2, 0) is 20.6 Å². The third-order valence-electron chi connectivity index (χ3n) is 3.88. The summed E-state index contributed by atoms with van der Waals surface area (Å²) in [6, 6.07) is 6.89. The Hall–Kier alpha value is -1.11. The van der Waals surface area contributed by atoms with Gasteiger partial charge in [0.05, 0.1) is 5.75 Å². The van der Waals surface area contributed by atoms with Crippen LogP contribution < -0.4 is 0 Å². The highest BCUT2D eigenvalue weighted by atomic mass is 35.5. The molecule has 2 rings (SSSR count). The average Bonchev–Trinajstić information content (AvgIpc) is 2.46. The molecular weight excluding hydrogens is 324 g/mol. The molecule has 1 fully saturated rings. The molecule has 1 aromatic rings. The van der Waals surface area contributed by atoms with Crippen LogP contribution in [0.2, 0.25) is 5.02 Å². The summed E-state index contributed by atoms with van der Waals surface area (Å²) in [5, 5.41) is 0.531. The molecule has 1 saturated heterocycles. The van der Waals surface area contributed by atoms with Gasteiger partial charge in [-0.2, -0.15) is 0 Å². The summed E-state index contributed by atoms with van der Waals surface area (Å²) in [6.45, 7) is 0.792. The minimum absolute atomic E-state index is 0.0557. The predicted octanol–water partition coefficient (Wildman–Crippen LogP) is 1.97. The number of sulfonamides is 1. The Labute approximate surface area is 136 Å². The SMILES string of the molecule is CN(C)C(=O)C1CCN(S(=O)(=O)Cc2cccc(Cl)c2)CC1. The van der Waals surface area contributed by atoms with Gasteiger partial charge >= 0.3 is 0 Å². The van der Waals surface area contributed by atoms with Crippen molar-refractivity contribution in [1.82, 2.24) is 9.21 Å². The zero-order chi connectivity index (χ0) is 16.3. The Morgan fingerprint density at radius 1 is 1.32 bits per heavy atom. The quantitative estimate of drug-likeness (QED) is 0.839. The molecule has 0 atom stereocenters. The van der Waals surface area contributed by atoms with Gasteiger partial charge in [0, 0.05) is 38.1 Å². The molecule has 1 amide bonds. The number of rotatable bonds is 4. The van der Waals surface area contributed by atoms with E-state index in [4.69, 9.17) is 11.6 Å². The summed E-state index contributed by atoms with van der Waals surface area (Å²) < 4.78 is 26.4. The molecule has 1 aliphatic rings. The lowest BCUT2D eigenvalue weighted by atomic mass is 9.97. The molecule has 1 heterocycles. The summed E-state index contributed by atoms with van der Waals surface area (Å²) in [7, 11) is 0.0808. The number of hydrogen-bond acceptors (Lipinski definition) is 3. The van der Waals surface area contributed by atoms with Gasteiger partial charge in [-0.25, -0.2) is 12.7 Å². The first-order valence-electron chi connectivity index (χ1n) is 7.23. The van der Waals surface area contributed by atoms with Crippen LogP contribution in [-0.4, -0.2) is 50.7 Å². The zero-order valence-electron chi connectivity index (χ0n) is 12.8. The lowest BCUT2D eigenvalue weighted by Gasteiger charge is -2.31. The average molecular weight is 345 g/mol. The Morgan fingerprint density at radius 2 is 1.95 bits per heavy atom. The fraction of sp³-hybridized carbons (Fsp3) is 0.533. The van der Waals surface area contributed by atoms with Crippen molar-refractivity contribution in [3.8, 4) is 0 Å². The van der Waals surface area contributed by atoms with Crippen LogP contribution in [0.5, 0.6) is 0 Å². The van der Waals surface area contributed by atoms with Crippen LogP contribution >= 0.6 is 11.6 Å². The Bertz CT molecular complexity index is 638. The summed E-state index contributed by atoms with van der Waals surface area (Å²) in [5.41, 5.74) is 0.680. The fourth-order valence-corrected chi connectivity index (χ4v) is 4.44. The molecule has 0 spiro atoms. The summed E-state index contributed by atoms with van der Waals surface area (Å²) in [6.07, 6.45) is 1.15. The van der Waals surface area contributed by atoms with E-state index in [1.165, 1.54) is 4.31 Å². The van der Waals surface area contributed by atoms with Crippen molar-refractivity contribution >= 4 is 27.5 Å². The molecule has 5 nitrogen and oxygen atoms in total. The molecule has 0 unspecified atom stereocenters. The number of benzene rings is 1. The minimum atomic E-state index is -3.37. The highest BCUT2D eigenvalue weighted by Crippen LogP contribution is 2.23. The lowest BCUT2D eigenvalue weighted by molar-refractivity contribution is -0.134. The normalized spacial score (nSPS) is 17.4. The van der Waals surface area contributed by atoms with Crippen LogP contribution in [0.3, 0.4) is 0 Å². The van der Waals surface area contributed by atoms with E-state index >= 15 is 0 Å². The molecule has 1 aromatic carbocycles. The van der Waals surface area contributed by atoms with Crippen LogP contribution in [0.1, 0.15) is 18.4 Å². The zero-order valence-corrected chi connectivity index (χ0v) is 14.4. The van der Waals surface area contributed by atoms with Gasteiger partial charge in [-0.3, -0.25) is 4.79 Å². The second kappa shape index (κ2) is 6.98. The molecule has 22 heavy (non-hydrogen) atoms. The van der Waals surface area contributed by atoms with E-state index in [1.807, 2.05) is 0 Å². The molecule has 122 valence electrons. The minimum Gasteiger partial charge on any atom is -0.349 e. The van der Waals surface area contributed by atoms with E-state index < -0.39 is 10.0 Å². The van der Waals surface area contributed by atoms with E-state index in [-0.39, 0.29) is 17.6 Å². The summed E-state index contributed by atoms with van der Waals surface area (Å²) >= 11 is 5.89. The fourth-order valence-electron chi connectivity index (χ4n) is 2.67. The van der Waals surface area contributed by atoms with Crippen LogP contribution in [0, 0.1) is 5.92 Å². The van der Waals surface area contributed by atoms with Crippen LogP contribution in [0.4, 0.5) is 0 Å². The van der Waals surface area contributed by atoms with E-state index in [2.05, 4.69) is 0 Å². The maximum atomic E-state index is 12.5. The number of hydrogen-bond donors (Lipinski definition) is 0. The second-order valence-electron chi connectivity index (χ2n) is 5.79. The maximum Gasteiger partial charge on any atom is 0.225 e. The molecule has 0 saturated carbocycles. The number of carbonyl (C=O) groups excluding carboxylic acids is 1. The molecule has 0 N–H and O–H groups in total. The molecule has 0 radical (unpaired) electrons. The highest BCUT2D eigenvalue weighted by Gasteiger charge is 2.31. The molecule has 0 aliphatic carbocycles. The highest BCUT2D eigenvalue weighted by molar-refractivity contribution is 7.88. The number of piperidine rings is 1. The van der Waals surface area contributed by atoms with Gasteiger partial charge in [0.25, 0.3) is 0 Å². The smallest absolute Gasteiger partial charge is 0.225 e. The summed E-state index contributed by atoms with van der Waals surface area (Å²) in [5.74, 6) is -0.0562. The molecular formula is C15H21ClN2O3S. The van der Waals surface area contributed by atoms with Crippen molar-refractivity contribution in [2.24, 2.45) is 5.92 Å². The Balaban J connectivity index is 1.99. The van der Waals surface area contributed by atoms with Gasteiger partial charge in [0.1, 0.15) is 0 Å². The molecule has 1 aliphatic heterocycles. The van der Waals surface area contributed by atoms with Crippen molar-refractivity contribution in [3.05, 3.63) is 34.9 Å². The van der Waals surface area contributed by atoms with Crippen molar-refractivity contribution in [2.75, 3.05) is 27.2 Å². The van der Waals surface area contributed by atoms with Crippen molar-refractivity contribution in [1.29, 1.82) is 0 Å². The van der Waals surface area contributed by atoms with Gasteiger partial charge in [0.15, 0.2) is 0 Å². The first-order chi connectivity index (χ1) is 10.3. The maximum absolute atomic E-state index is 12.5. The predicted molar refractivity (Wildman–Crippen MR) is 87.1 cm³/mol. The van der Waals surface area contributed by atoms with Gasteiger partial charge in [-0.15, -0.1) is 0 Å². The molecule has 7 heteroatoms. The summed E-state index contributed by atoms with van der Waals surface area (Å²) in [4.78, 5) is 13.5. The van der Waals surface area contributed by atoms with Crippen molar-refractivity contribution in [3.63, 3.8) is 0 Å². The number of amides is 1. The Morgan fingerprint density at radius 3 is 2.50 bits per heavy atom. The first-order valence-corrected chi connectivity index (χ1v) is 9.22.